The maximum Gasteiger partial charge on any atom is 0.138 e. The van der Waals surface area contributed by atoms with E-state index < -0.39 is 0 Å². The summed E-state index contributed by atoms with van der Waals surface area (Å²) in [5.41, 5.74) is 13.0. The van der Waals surface area contributed by atoms with Gasteiger partial charge in [-0.2, -0.15) is 0 Å². The zero-order valence-electron chi connectivity index (χ0n) is 27.7. The van der Waals surface area contributed by atoms with Gasteiger partial charge in [-0.1, -0.05) is 107 Å². The largest absolute Gasteiger partial charge is 0.495 e. The van der Waals surface area contributed by atoms with E-state index in [9.17, 15) is 0 Å². The van der Waals surface area contributed by atoms with Gasteiger partial charge in [0.2, 0.25) is 0 Å². The molecule has 0 saturated heterocycles. The highest BCUT2D eigenvalue weighted by atomic mass is 16.5. The smallest absolute Gasteiger partial charge is 0.138 e. The normalized spacial score (nSPS) is 12.1. The van der Waals surface area contributed by atoms with Gasteiger partial charge in [0.15, 0.2) is 0 Å². The van der Waals surface area contributed by atoms with E-state index >= 15 is 0 Å². The van der Waals surface area contributed by atoms with Crippen molar-refractivity contribution in [1.82, 2.24) is 0 Å². The first-order valence-electron chi connectivity index (χ1n) is 15.3. The van der Waals surface area contributed by atoms with Crippen molar-refractivity contribution in [3.8, 4) is 33.8 Å². The van der Waals surface area contributed by atoms with Crippen molar-refractivity contribution in [2.75, 3.05) is 14.2 Å². The van der Waals surface area contributed by atoms with Crippen LogP contribution in [-0.2, 0) is 0 Å². The molecule has 0 amide bonds. The molecule has 0 N–H and O–H groups in total. The first-order valence-corrected chi connectivity index (χ1v) is 15.3. The first kappa shape index (κ1) is 31.8. The fourth-order valence-electron chi connectivity index (χ4n) is 5.74. The fourth-order valence-corrected chi connectivity index (χ4v) is 5.74. The maximum atomic E-state index is 6.05. The Bertz CT molecular complexity index is 1160. The highest BCUT2D eigenvalue weighted by Gasteiger charge is 2.26. The average Bonchev–Trinajstić information content (AvgIpc) is 2.90. The molecule has 40 heavy (non-hydrogen) atoms. The number of hydrogen-bond donors (Lipinski definition) is 0. The van der Waals surface area contributed by atoms with Crippen LogP contribution in [0.2, 0.25) is 0 Å². The van der Waals surface area contributed by atoms with Crippen LogP contribution in [0.15, 0.2) is 30.3 Å². The lowest BCUT2D eigenvalue weighted by atomic mass is 9.79. The van der Waals surface area contributed by atoms with Gasteiger partial charge in [-0.3, -0.25) is 0 Å². The van der Waals surface area contributed by atoms with Gasteiger partial charge in [-0.15, -0.1) is 0 Å². The van der Waals surface area contributed by atoms with E-state index in [4.69, 9.17) is 9.47 Å². The number of benzene rings is 3. The van der Waals surface area contributed by atoms with Crippen molar-refractivity contribution in [2.45, 2.75) is 119 Å². The second-order valence-corrected chi connectivity index (χ2v) is 13.2. The molecule has 1 radical (unpaired) electrons. The highest BCUT2D eigenvalue weighted by Crippen LogP contribution is 2.49. The Morgan fingerprint density at radius 3 is 0.900 bits per heavy atom. The molecule has 0 bridgehead atoms. The fraction of sp³-hybridized carbons (Fsp3) is 0.526. The summed E-state index contributed by atoms with van der Waals surface area (Å²) in [7, 11) is 3.50. The molecule has 0 heterocycles. The van der Waals surface area contributed by atoms with Crippen LogP contribution in [0.5, 0.6) is 11.5 Å². The van der Waals surface area contributed by atoms with Gasteiger partial charge in [0, 0.05) is 11.1 Å². The molecule has 0 aromatic heterocycles. The molecule has 0 atom stereocenters. The zero-order valence-corrected chi connectivity index (χ0v) is 27.7. The molecule has 2 nitrogen and oxygen atoms in total. The second kappa shape index (κ2) is 12.8. The number of ether oxygens (including phenoxy) is 2. The van der Waals surface area contributed by atoms with Gasteiger partial charge < -0.3 is 9.47 Å². The SMILES string of the molecule is COc1[c]c(OC)c(-c2c(C(C)C)cc(C(C)C)cc2C(C)C)cc1-c1c(C(C)C)cc(C(C)C)cc1C(C)C. The summed E-state index contributed by atoms with van der Waals surface area (Å²) in [6, 6.07) is 15.6. The summed E-state index contributed by atoms with van der Waals surface area (Å²) in [6.07, 6.45) is 0. The third kappa shape index (κ3) is 6.27. The maximum absolute atomic E-state index is 6.05. The molecular formula is C38H53O2. The summed E-state index contributed by atoms with van der Waals surface area (Å²) in [4.78, 5) is 0. The Morgan fingerprint density at radius 1 is 0.425 bits per heavy atom. The van der Waals surface area contributed by atoms with Crippen LogP contribution in [-0.4, -0.2) is 14.2 Å². The molecule has 0 spiro atoms. The lowest BCUT2D eigenvalue weighted by Gasteiger charge is -2.27. The monoisotopic (exact) mass is 541 g/mol. The Balaban J connectivity index is 2.56. The van der Waals surface area contributed by atoms with Gasteiger partial charge in [-0.05, 0) is 86.1 Å². The van der Waals surface area contributed by atoms with Crippen molar-refractivity contribution < 1.29 is 9.47 Å². The highest BCUT2D eigenvalue weighted by molar-refractivity contribution is 5.87. The minimum atomic E-state index is 0.365. The third-order valence-corrected chi connectivity index (χ3v) is 8.22. The Morgan fingerprint density at radius 2 is 0.700 bits per heavy atom. The molecule has 2 heteroatoms. The zero-order chi connectivity index (χ0) is 30.0. The van der Waals surface area contributed by atoms with Gasteiger partial charge >= 0.3 is 0 Å². The predicted molar refractivity (Wildman–Crippen MR) is 174 cm³/mol. The van der Waals surface area contributed by atoms with E-state index in [1.165, 1.54) is 44.5 Å². The van der Waals surface area contributed by atoms with Crippen molar-refractivity contribution in [1.29, 1.82) is 0 Å². The lowest BCUT2D eigenvalue weighted by Crippen LogP contribution is -2.07. The van der Waals surface area contributed by atoms with Crippen molar-refractivity contribution in [2.24, 2.45) is 0 Å². The van der Waals surface area contributed by atoms with E-state index in [-0.39, 0.29) is 0 Å². The quantitative estimate of drug-likeness (QED) is 0.254. The van der Waals surface area contributed by atoms with E-state index in [0.29, 0.717) is 35.5 Å². The summed E-state index contributed by atoms with van der Waals surface area (Å²) < 4.78 is 12.1. The molecule has 3 rings (SSSR count). The topological polar surface area (TPSA) is 18.5 Å². The molecule has 217 valence electrons. The van der Waals surface area contributed by atoms with E-state index in [2.05, 4.69) is 119 Å². The summed E-state index contributed by atoms with van der Waals surface area (Å²) in [5, 5.41) is 0. The van der Waals surface area contributed by atoms with Gasteiger partial charge in [0.05, 0.1) is 20.3 Å². The van der Waals surface area contributed by atoms with Crippen LogP contribution < -0.4 is 9.47 Å². The predicted octanol–water partition coefficient (Wildman–Crippen LogP) is 11.6. The van der Waals surface area contributed by atoms with Crippen LogP contribution in [0.4, 0.5) is 0 Å². The van der Waals surface area contributed by atoms with Gasteiger partial charge in [-0.25, -0.2) is 0 Å². The van der Waals surface area contributed by atoms with E-state index in [1.807, 2.05) is 0 Å². The molecule has 3 aromatic carbocycles. The van der Waals surface area contributed by atoms with Crippen LogP contribution in [0.1, 0.15) is 152 Å². The van der Waals surface area contributed by atoms with Gasteiger partial charge in [0.25, 0.3) is 0 Å². The molecule has 0 saturated carbocycles. The molecule has 3 aromatic rings. The van der Waals surface area contributed by atoms with Crippen molar-refractivity contribution >= 4 is 0 Å². The van der Waals surface area contributed by atoms with Crippen LogP contribution in [0, 0.1) is 6.07 Å². The molecule has 0 fully saturated rings. The minimum Gasteiger partial charge on any atom is -0.495 e. The van der Waals surface area contributed by atoms with Crippen LogP contribution >= 0.6 is 0 Å². The van der Waals surface area contributed by atoms with E-state index in [0.717, 1.165) is 22.6 Å². The number of rotatable bonds is 10. The van der Waals surface area contributed by atoms with Gasteiger partial charge in [0.1, 0.15) is 11.5 Å². The summed E-state index contributed by atoms with van der Waals surface area (Å²) in [5.74, 6) is 3.86. The standard InChI is InChI=1S/C38H53O2/c1-21(2)27-15-29(23(5)6)37(30(16-27)24(7)8)33-19-34(36(40-14)20-35(33)39-13)38-31(25(9)10)17-28(22(3)4)18-32(38)26(11)12/h15-19,21-26H,1-14H3. The minimum absolute atomic E-state index is 0.365. The van der Waals surface area contributed by atoms with E-state index in [1.54, 1.807) is 14.2 Å². The Labute approximate surface area is 245 Å². The first-order chi connectivity index (χ1) is 18.7. The Kier molecular flexibility index (Phi) is 10.2. The Hall–Kier alpha value is -2.74. The average molecular weight is 542 g/mol. The molecule has 0 aliphatic rings. The van der Waals surface area contributed by atoms with Crippen LogP contribution in [0.3, 0.4) is 0 Å². The molecular weight excluding hydrogens is 488 g/mol. The lowest BCUT2D eigenvalue weighted by molar-refractivity contribution is 0.394. The molecule has 0 aliphatic carbocycles. The summed E-state index contributed by atoms with van der Waals surface area (Å²) in [6.45, 7) is 27.5. The molecule has 0 unspecified atom stereocenters. The number of methoxy groups -OCH3 is 2. The molecule has 0 aliphatic heterocycles. The van der Waals surface area contributed by atoms with Crippen molar-refractivity contribution in [3.63, 3.8) is 0 Å². The summed E-state index contributed by atoms with van der Waals surface area (Å²) >= 11 is 0. The van der Waals surface area contributed by atoms with Crippen LogP contribution in [0.25, 0.3) is 22.3 Å². The third-order valence-electron chi connectivity index (χ3n) is 8.22. The van der Waals surface area contributed by atoms with Crippen molar-refractivity contribution in [3.05, 3.63) is 69.8 Å². The number of hydrogen-bond acceptors (Lipinski definition) is 2. The second-order valence-electron chi connectivity index (χ2n) is 13.2.